The number of nitro groups is 1. The maximum Gasteiger partial charge on any atom is 0.395 e. The van der Waals surface area contributed by atoms with Gasteiger partial charge < -0.3 is 14.7 Å². The van der Waals surface area contributed by atoms with Gasteiger partial charge in [-0.05, 0) is 74.7 Å². The average molecular weight is 380 g/mol. The van der Waals surface area contributed by atoms with Crippen LogP contribution in [0.1, 0.15) is 33.9 Å². The van der Waals surface area contributed by atoms with Crippen LogP contribution in [0.25, 0.3) is 17.8 Å². The summed E-state index contributed by atoms with van der Waals surface area (Å²) in [6.45, 7) is 8.11. The van der Waals surface area contributed by atoms with Gasteiger partial charge in [0.2, 0.25) is 0 Å². The van der Waals surface area contributed by atoms with Gasteiger partial charge in [0.15, 0.2) is 0 Å². The zero-order valence-electron chi connectivity index (χ0n) is 16.0. The third-order valence-corrected chi connectivity index (χ3v) is 4.72. The largest absolute Gasteiger partial charge is 0.488 e. The third kappa shape index (κ3) is 3.44. The Morgan fingerprint density at radius 2 is 1.86 bits per heavy atom. The van der Waals surface area contributed by atoms with Crippen LogP contribution >= 0.6 is 0 Å². The molecule has 0 bridgehead atoms. The van der Waals surface area contributed by atoms with Gasteiger partial charge >= 0.3 is 11.2 Å². The van der Waals surface area contributed by atoms with Crippen LogP contribution in [0.2, 0.25) is 0 Å². The Kier molecular flexibility index (Phi) is 4.87. The molecule has 28 heavy (non-hydrogen) atoms. The fourth-order valence-electron chi connectivity index (χ4n) is 3.10. The van der Waals surface area contributed by atoms with Gasteiger partial charge in [0.1, 0.15) is 5.82 Å². The minimum atomic E-state index is -1.00. The van der Waals surface area contributed by atoms with Gasteiger partial charge in [-0.25, -0.2) is 0 Å². The Morgan fingerprint density at radius 3 is 2.46 bits per heavy atom. The van der Waals surface area contributed by atoms with E-state index < -0.39 is 22.0 Å². The summed E-state index contributed by atoms with van der Waals surface area (Å²) in [5.41, 5.74) is 4.43. The molecule has 144 valence electrons. The van der Waals surface area contributed by atoms with Gasteiger partial charge in [-0.1, -0.05) is 6.07 Å². The molecule has 3 rings (SSSR count). The van der Waals surface area contributed by atoms with Crippen molar-refractivity contribution in [2.75, 3.05) is 0 Å². The summed E-state index contributed by atoms with van der Waals surface area (Å²) in [5, 5.41) is 20.4. The second kappa shape index (κ2) is 7.15. The molecule has 2 heterocycles. The second-order valence-electron chi connectivity index (χ2n) is 6.64. The zero-order chi connectivity index (χ0) is 20.6. The second-order valence-corrected chi connectivity index (χ2v) is 6.64. The number of nitrogens with zero attached hydrogens (tertiary/aromatic N) is 3. The number of aromatic hydroxyl groups is 1. The molecule has 1 aromatic carbocycles. The van der Waals surface area contributed by atoms with Crippen molar-refractivity contribution < 1.29 is 10.0 Å². The lowest BCUT2D eigenvalue weighted by Crippen LogP contribution is -2.14. The molecule has 0 amide bonds. The Labute approximate surface area is 161 Å². The first-order chi connectivity index (χ1) is 13.2. The summed E-state index contributed by atoms with van der Waals surface area (Å²) in [7, 11) is 0. The molecular weight excluding hydrogens is 360 g/mol. The Morgan fingerprint density at radius 1 is 1.14 bits per heavy atom. The molecule has 3 aromatic rings. The molecular formula is C20H20N4O4. The molecule has 0 aliphatic rings. The highest BCUT2D eigenvalue weighted by Crippen LogP contribution is 2.24. The monoisotopic (exact) mass is 380 g/mol. The van der Waals surface area contributed by atoms with Crippen LogP contribution in [0.3, 0.4) is 0 Å². The Hall–Kier alpha value is -3.68. The summed E-state index contributed by atoms with van der Waals surface area (Å²) in [5.74, 6) is -0.877. The smallest absolute Gasteiger partial charge is 0.395 e. The average Bonchev–Trinajstić information content (AvgIpc) is 2.88. The van der Waals surface area contributed by atoms with Crippen molar-refractivity contribution in [2.24, 2.45) is 0 Å². The van der Waals surface area contributed by atoms with Crippen molar-refractivity contribution in [2.45, 2.75) is 27.7 Å². The summed E-state index contributed by atoms with van der Waals surface area (Å²) < 4.78 is 2.12. The van der Waals surface area contributed by atoms with E-state index in [1.165, 1.54) is 17.2 Å². The molecule has 0 unspecified atom stereocenters. The van der Waals surface area contributed by atoms with Crippen LogP contribution in [0.15, 0.2) is 29.1 Å². The molecule has 2 N–H and O–H groups in total. The molecule has 2 aromatic heterocycles. The summed E-state index contributed by atoms with van der Waals surface area (Å²) in [4.78, 5) is 27.5. The fourth-order valence-corrected chi connectivity index (χ4v) is 3.10. The van der Waals surface area contributed by atoms with E-state index in [1.807, 2.05) is 19.9 Å². The molecule has 8 heteroatoms. The first-order valence-electron chi connectivity index (χ1n) is 8.61. The number of H-pyrrole nitrogens is 1. The van der Waals surface area contributed by atoms with Crippen LogP contribution in [0, 0.1) is 37.8 Å². The number of aromatic nitrogens is 3. The van der Waals surface area contributed by atoms with Crippen LogP contribution in [0.5, 0.6) is 5.88 Å². The molecule has 0 saturated heterocycles. The highest BCUT2D eigenvalue weighted by Gasteiger charge is 2.21. The van der Waals surface area contributed by atoms with Crippen molar-refractivity contribution in [3.8, 4) is 11.6 Å². The number of hydrogen-bond donors (Lipinski definition) is 2. The first kappa shape index (κ1) is 19.1. The highest BCUT2D eigenvalue weighted by atomic mass is 16.6. The first-order valence-corrected chi connectivity index (χ1v) is 8.61. The molecule has 0 aliphatic carbocycles. The van der Waals surface area contributed by atoms with Crippen LogP contribution in [0.4, 0.5) is 5.69 Å². The maximum atomic E-state index is 11.7. The number of hydrogen-bond acceptors (Lipinski definition) is 5. The van der Waals surface area contributed by atoms with Crippen molar-refractivity contribution in [1.82, 2.24) is 14.5 Å². The van der Waals surface area contributed by atoms with Gasteiger partial charge in [-0.2, -0.15) is 4.98 Å². The van der Waals surface area contributed by atoms with E-state index in [2.05, 4.69) is 46.6 Å². The predicted octanol–water partition coefficient (Wildman–Crippen LogP) is 3.58. The topological polar surface area (TPSA) is 114 Å². The van der Waals surface area contributed by atoms with Crippen LogP contribution in [-0.4, -0.2) is 24.6 Å². The van der Waals surface area contributed by atoms with Gasteiger partial charge in [-0.15, -0.1) is 0 Å². The standard InChI is InChI=1S/C20H20N4O4/c1-11-5-7-16(9-12(11)2)23-13(3)10-15(14(23)4)6-8-17-21-19(25)18(24(27)28)20(26)22-17/h5-10H,1-4H3,(H2,21,22,25,26)/b8-6+. The minimum absolute atomic E-state index is 0.0316. The van der Waals surface area contributed by atoms with E-state index in [0.717, 1.165) is 22.6 Å². The molecule has 8 nitrogen and oxygen atoms in total. The van der Waals surface area contributed by atoms with E-state index in [-0.39, 0.29) is 5.82 Å². The van der Waals surface area contributed by atoms with E-state index in [9.17, 15) is 20.0 Å². The van der Waals surface area contributed by atoms with Gasteiger partial charge in [-0.3, -0.25) is 14.9 Å². The van der Waals surface area contributed by atoms with E-state index in [0.29, 0.717) is 0 Å². The van der Waals surface area contributed by atoms with Crippen molar-refractivity contribution in [1.29, 1.82) is 0 Å². The lowest BCUT2D eigenvalue weighted by molar-refractivity contribution is -0.387. The van der Waals surface area contributed by atoms with E-state index in [1.54, 1.807) is 6.08 Å². The fraction of sp³-hybridized carbons (Fsp3) is 0.200. The summed E-state index contributed by atoms with van der Waals surface area (Å²) in [6.07, 6.45) is 3.24. The summed E-state index contributed by atoms with van der Waals surface area (Å²) >= 11 is 0. The molecule has 0 atom stereocenters. The van der Waals surface area contributed by atoms with Crippen molar-refractivity contribution in [3.05, 3.63) is 78.6 Å². The highest BCUT2D eigenvalue weighted by molar-refractivity contribution is 5.69. The summed E-state index contributed by atoms with van der Waals surface area (Å²) in [6, 6.07) is 8.25. The van der Waals surface area contributed by atoms with Gasteiger partial charge in [0.25, 0.3) is 5.88 Å². The molecule has 0 fully saturated rings. The molecule has 0 radical (unpaired) electrons. The molecule has 0 spiro atoms. The quantitative estimate of drug-likeness (QED) is 0.530. The number of aromatic amines is 1. The normalized spacial score (nSPS) is 11.3. The maximum absolute atomic E-state index is 11.7. The zero-order valence-corrected chi connectivity index (χ0v) is 16.0. The Balaban J connectivity index is 1.99. The van der Waals surface area contributed by atoms with Crippen molar-refractivity contribution >= 4 is 17.8 Å². The number of benzene rings is 1. The van der Waals surface area contributed by atoms with Gasteiger partial charge in [0.05, 0.1) is 4.92 Å². The SMILES string of the molecule is Cc1ccc(-n2c(C)cc(/C=C/c3nc(O)c([N+](=O)[O-])c(=O)[nH]3)c2C)cc1C. The predicted molar refractivity (Wildman–Crippen MR) is 107 cm³/mol. The van der Waals surface area contributed by atoms with Gasteiger partial charge in [0, 0.05) is 17.1 Å². The number of aryl methyl sites for hydroxylation is 3. The minimum Gasteiger partial charge on any atom is -0.488 e. The number of nitrogens with one attached hydrogen (secondary N) is 1. The van der Waals surface area contributed by atoms with Crippen molar-refractivity contribution in [3.63, 3.8) is 0 Å². The third-order valence-electron chi connectivity index (χ3n) is 4.72. The van der Waals surface area contributed by atoms with Crippen LogP contribution in [-0.2, 0) is 0 Å². The lowest BCUT2D eigenvalue weighted by Gasteiger charge is -2.11. The lowest BCUT2D eigenvalue weighted by atomic mass is 10.1. The molecule has 0 aliphatic heterocycles. The molecule has 0 saturated carbocycles. The van der Waals surface area contributed by atoms with Crippen LogP contribution < -0.4 is 5.56 Å². The van der Waals surface area contributed by atoms with E-state index >= 15 is 0 Å². The Bertz CT molecular complexity index is 1170. The number of rotatable bonds is 4. The van der Waals surface area contributed by atoms with E-state index in [4.69, 9.17) is 0 Å².